The molecule has 0 aliphatic carbocycles. The van der Waals surface area contributed by atoms with Crippen molar-refractivity contribution in [2.45, 2.75) is 38.9 Å². The lowest BCUT2D eigenvalue weighted by molar-refractivity contribution is -0.696. The highest BCUT2D eigenvalue weighted by atomic mass is 31.2. The molecular weight excluding hydrogens is 645 g/mol. The SMILES string of the molecule is O=P(O)(O)CCC[n+]1ccc(-c2nc(-c3cc[n+](CCCP(=O)(O)O)cc3)nc(-c3cc[n+](CCCP(=O)(O)O)cc3)n2)cc1. The molecule has 0 unspecified atom stereocenters. The summed E-state index contributed by atoms with van der Waals surface area (Å²) in [4.78, 5) is 68.8. The fraction of sp³-hybridized carbons (Fsp3) is 0.333. The molecule has 4 rings (SSSR count). The van der Waals surface area contributed by atoms with Gasteiger partial charge in [-0.1, -0.05) is 0 Å². The zero-order valence-corrected chi connectivity index (χ0v) is 26.9. The van der Waals surface area contributed by atoms with Crippen LogP contribution in [0.1, 0.15) is 19.3 Å². The van der Waals surface area contributed by atoms with Crippen LogP contribution >= 0.6 is 22.8 Å². The molecule has 45 heavy (non-hydrogen) atoms. The maximum absolute atomic E-state index is 11.2. The normalized spacial score (nSPS) is 12.4. The van der Waals surface area contributed by atoms with Crippen molar-refractivity contribution < 1.29 is 56.8 Å². The average Bonchev–Trinajstić information content (AvgIpc) is 2.96. The molecule has 0 saturated carbocycles. The molecule has 0 saturated heterocycles. The molecule has 240 valence electrons. The van der Waals surface area contributed by atoms with Crippen LogP contribution in [0, 0.1) is 0 Å². The van der Waals surface area contributed by atoms with Crippen molar-refractivity contribution in [2.24, 2.45) is 0 Å². The second-order valence-electron chi connectivity index (χ2n) is 10.5. The van der Waals surface area contributed by atoms with Crippen LogP contribution in [0.3, 0.4) is 0 Å². The summed E-state index contributed by atoms with van der Waals surface area (Å²) >= 11 is 0. The van der Waals surface area contributed by atoms with E-state index in [9.17, 15) is 13.7 Å². The molecule has 18 heteroatoms. The lowest BCUT2D eigenvalue weighted by Crippen LogP contribution is -2.33. The van der Waals surface area contributed by atoms with Crippen LogP contribution in [-0.4, -0.2) is 62.8 Å². The van der Waals surface area contributed by atoms with Crippen LogP contribution in [0.5, 0.6) is 0 Å². The van der Waals surface area contributed by atoms with Gasteiger partial charge in [-0.05, 0) is 0 Å². The molecule has 4 heterocycles. The van der Waals surface area contributed by atoms with Gasteiger partial charge < -0.3 is 29.4 Å². The first kappa shape index (κ1) is 34.8. The lowest BCUT2D eigenvalue weighted by atomic mass is 10.2. The molecule has 0 fully saturated rings. The highest BCUT2D eigenvalue weighted by Gasteiger charge is 2.18. The minimum Gasteiger partial charge on any atom is -0.324 e. The summed E-state index contributed by atoms with van der Waals surface area (Å²) in [6, 6.07) is 10.8. The highest BCUT2D eigenvalue weighted by Crippen LogP contribution is 2.36. The minimum atomic E-state index is -4.07. The van der Waals surface area contributed by atoms with E-state index in [1.54, 1.807) is 73.6 Å². The highest BCUT2D eigenvalue weighted by molar-refractivity contribution is 7.52. The van der Waals surface area contributed by atoms with Crippen molar-refractivity contribution >= 4 is 22.8 Å². The molecule has 0 amide bonds. The fourth-order valence-corrected chi connectivity index (χ4v) is 6.07. The van der Waals surface area contributed by atoms with E-state index < -0.39 is 22.8 Å². The summed E-state index contributed by atoms with van der Waals surface area (Å²) in [6.07, 6.45) is 11.0. The zero-order chi connectivity index (χ0) is 32.7. The molecule has 15 nitrogen and oxygen atoms in total. The van der Waals surface area contributed by atoms with E-state index in [1.165, 1.54) is 0 Å². The number of aromatic nitrogens is 6. The van der Waals surface area contributed by atoms with Gasteiger partial charge in [0.25, 0.3) is 0 Å². The third kappa shape index (κ3) is 12.0. The Labute approximate surface area is 259 Å². The Morgan fingerprint density at radius 1 is 0.444 bits per heavy atom. The topological polar surface area (TPSA) is 223 Å². The van der Waals surface area contributed by atoms with Crippen molar-refractivity contribution in [3.8, 4) is 34.2 Å². The number of pyridine rings is 3. The Morgan fingerprint density at radius 2 is 0.667 bits per heavy atom. The third-order valence-electron chi connectivity index (χ3n) is 6.68. The van der Waals surface area contributed by atoms with E-state index in [2.05, 4.69) is 0 Å². The molecular formula is C27H36N6O9P3+3. The van der Waals surface area contributed by atoms with Crippen LogP contribution in [0.4, 0.5) is 0 Å². The average molecular weight is 682 g/mol. The van der Waals surface area contributed by atoms with Crippen molar-refractivity contribution in [2.75, 3.05) is 18.5 Å². The first-order valence-corrected chi connectivity index (χ1v) is 19.4. The third-order valence-corrected chi connectivity index (χ3v) is 9.38. The van der Waals surface area contributed by atoms with Gasteiger partial charge in [0, 0.05) is 72.4 Å². The zero-order valence-electron chi connectivity index (χ0n) is 24.2. The van der Waals surface area contributed by atoms with Gasteiger partial charge in [-0.25, -0.2) is 28.7 Å². The largest absolute Gasteiger partial charge is 0.325 e. The molecule has 4 aromatic rings. The van der Waals surface area contributed by atoms with Crippen LogP contribution in [0.2, 0.25) is 0 Å². The summed E-state index contributed by atoms with van der Waals surface area (Å²) in [7, 11) is -12.2. The molecule has 0 radical (unpaired) electrons. The predicted octanol–water partition coefficient (Wildman–Crippen LogP) is 1.44. The van der Waals surface area contributed by atoms with Crippen molar-refractivity contribution in [3.63, 3.8) is 0 Å². The second-order valence-corrected chi connectivity index (χ2v) is 15.8. The summed E-state index contributed by atoms with van der Waals surface area (Å²) in [6.45, 7) is 1.28. The fourth-order valence-electron chi connectivity index (χ4n) is 4.41. The Kier molecular flexibility index (Phi) is 11.6. The van der Waals surface area contributed by atoms with Gasteiger partial charge in [-0.15, -0.1) is 0 Å². The van der Waals surface area contributed by atoms with Gasteiger partial charge in [0.2, 0.25) is 0 Å². The quantitative estimate of drug-likeness (QED) is 0.0775. The number of nitrogens with zero attached hydrogens (tertiary/aromatic N) is 6. The summed E-state index contributed by atoms with van der Waals surface area (Å²) < 4.78 is 38.9. The van der Waals surface area contributed by atoms with Crippen LogP contribution in [0.15, 0.2) is 73.6 Å². The Balaban J connectivity index is 1.60. The molecule has 0 aliphatic rings. The van der Waals surface area contributed by atoms with E-state index in [1.807, 2.05) is 13.7 Å². The van der Waals surface area contributed by atoms with Crippen LogP contribution < -0.4 is 13.7 Å². The molecule has 0 spiro atoms. The number of hydrogen-bond donors (Lipinski definition) is 6. The first-order chi connectivity index (χ1) is 21.1. The molecule has 0 bridgehead atoms. The molecule has 0 aliphatic heterocycles. The van der Waals surface area contributed by atoms with E-state index in [0.717, 1.165) is 0 Å². The summed E-state index contributed by atoms with van der Waals surface area (Å²) in [5, 5.41) is 0. The van der Waals surface area contributed by atoms with Gasteiger partial charge in [0.15, 0.2) is 54.7 Å². The molecule has 6 N–H and O–H groups in total. The first-order valence-electron chi connectivity index (χ1n) is 14.0. The lowest BCUT2D eigenvalue weighted by Gasteiger charge is -2.08. The Hall–Kier alpha value is -3.09. The maximum Gasteiger partial charge on any atom is 0.325 e. The van der Waals surface area contributed by atoms with Gasteiger partial charge in [0.05, 0.1) is 18.5 Å². The minimum absolute atomic E-state index is 0.205. The van der Waals surface area contributed by atoms with Crippen LogP contribution in [-0.2, 0) is 33.3 Å². The van der Waals surface area contributed by atoms with E-state index >= 15 is 0 Å². The second kappa shape index (κ2) is 15.0. The van der Waals surface area contributed by atoms with Gasteiger partial charge in [-0.3, -0.25) is 13.7 Å². The van der Waals surface area contributed by atoms with Gasteiger partial charge in [-0.2, -0.15) is 0 Å². The summed E-state index contributed by atoms with van der Waals surface area (Å²) in [5.41, 5.74) is 2.08. The van der Waals surface area contributed by atoms with Gasteiger partial charge >= 0.3 is 22.8 Å². The van der Waals surface area contributed by atoms with Crippen molar-refractivity contribution in [3.05, 3.63) is 73.6 Å². The number of aryl methyl sites for hydroxylation is 3. The van der Waals surface area contributed by atoms with Crippen molar-refractivity contribution in [1.29, 1.82) is 0 Å². The molecule has 0 atom stereocenters. The van der Waals surface area contributed by atoms with E-state index in [0.29, 0.717) is 73.1 Å². The Morgan fingerprint density at radius 3 is 0.867 bits per heavy atom. The summed E-state index contributed by atoms with van der Waals surface area (Å²) in [5.74, 6) is 1.19. The van der Waals surface area contributed by atoms with Crippen LogP contribution in [0.25, 0.3) is 34.2 Å². The standard InChI is InChI=1S/C27H33N6O9P3/c34-43(35,36)19-1-10-31-13-4-22(5-14-31)25-28-26(23-6-15-32(16-7-23)11-2-20-44(37,38)39)30-27(29-25)24-8-17-33(18-9-24)12-3-21-45(40,41)42/h4-9,13-18H,1-3,10-12,19-21H2,(H3-3,34,35,36,37,38,39,40,41,42)/p+3. The van der Waals surface area contributed by atoms with Gasteiger partial charge in [0.1, 0.15) is 19.6 Å². The number of rotatable bonds is 15. The van der Waals surface area contributed by atoms with E-state index in [-0.39, 0.29) is 18.5 Å². The molecule has 4 aromatic heterocycles. The monoisotopic (exact) mass is 681 g/mol. The molecule has 0 aromatic carbocycles. The Bertz CT molecular complexity index is 1510. The smallest absolute Gasteiger partial charge is 0.324 e. The van der Waals surface area contributed by atoms with E-state index in [4.69, 9.17) is 44.3 Å². The number of hydrogen-bond acceptors (Lipinski definition) is 6. The predicted molar refractivity (Wildman–Crippen MR) is 161 cm³/mol. The maximum atomic E-state index is 11.2. The van der Waals surface area contributed by atoms with Crippen molar-refractivity contribution in [1.82, 2.24) is 15.0 Å².